The summed E-state index contributed by atoms with van der Waals surface area (Å²) in [5.74, 6) is -2.22. The van der Waals surface area contributed by atoms with E-state index in [1.807, 2.05) is 4.72 Å². The molecule has 1 amide bonds. The van der Waals surface area contributed by atoms with Crippen molar-refractivity contribution in [2.45, 2.75) is 42.7 Å². The van der Waals surface area contributed by atoms with Gasteiger partial charge in [0.15, 0.2) is 5.96 Å². The number of guanidine groups is 1. The van der Waals surface area contributed by atoms with Crippen LogP contribution in [0.15, 0.2) is 39.3 Å². The van der Waals surface area contributed by atoms with E-state index in [0.717, 1.165) is 30.7 Å². The number of carbonyl (C=O) groups excluding carboxylic acids is 1. The Hall–Kier alpha value is -3.79. The number of sulfonamides is 1. The van der Waals surface area contributed by atoms with E-state index in [-0.39, 0.29) is 34.8 Å². The molecular formula is C18H25N7O8S. The highest BCUT2D eigenvalue weighted by Gasteiger charge is 2.29. The number of amides is 1. The number of hydrogen-bond acceptors (Lipinski definition) is 9. The lowest BCUT2D eigenvalue weighted by atomic mass is 10.1. The van der Waals surface area contributed by atoms with E-state index >= 15 is 0 Å². The number of oxime groups is 1. The second kappa shape index (κ2) is 11.9. The van der Waals surface area contributed by atoms with Crippen molar-refractivity contribution >= 4 is 39.3 Å². The molecule has 0 aliphatic carbocycles. The van der Waals surface area contributed by atoms with E-state index in [4.69, 9.17) is 16.3 Å². The van der Waals surface area contributed by atoms with Gasteiger partial charge in [0.2, 0.25) is 10.0 Å². The fourth-order valence-electron chi connectivity index (χ4n) is 2.89. The topological polar surface area (TPSA) is 242 Å². The smallest absolute Gasteiger partial charge is 0.323 e. The van der Waals surface area contributed by atoms with Crippen LogP contribution in [0.4, 0.5) is 5.69 Å². The van der Waals surface area contributed by atoms with Crippen LogP contribution >= 0.6 is 0 Å². The van der Waals surface area contributed by atoms with E-state index in [1.165, 1.54) is 0 Å². The summed E-state index contributed by atoms with van der Waals surface area (Å²) in [5.41, 5.74) is 10.2. The molecule has 1 aliphatic heterocycles. The van der Waals surface area contributed by atoms with Crippen molar-refractivity contribution in [2.75, 3.05) is 13.1 Å². The third kappa shape index (κ3) is 7.96. The van der Waals surface area contributed by atoms with Crippen LogP contribution < -0.4 is 21.5 Å². The molecule has 1 aliphatic rings. The summed E-state index contributed by atoms with van der Waals surface area (Å²) in [5, 5.41) is 26.1. The van der Waals surface area contributed by atoms with E-state index in [2.05, 4.69) is 15.5 Å². The minimum atomic E-state index is -4.33. The van der Waals surface area contributed by atoms with Gasteiger partial charge in [-0.2, -0.15) is 4.72 Å². The Morgan fingerprint density at radius 3 is 2.56 bits per heavy atom. The van der Waals surface area contributed by atoms with Gasteiger partial charge in [-0.15, -0.1) is 0 Å². The summed E-state index contributed by atoms with van der Waals surface area (Å²) < 4.78 is 26.8. The third-order valence-electron chi connectivity index (χ3n) is 4.64. The van der Waals surface area contributed by atoms with Gasteiger partial charge >= 0.3 is 5.97 Å². The Morgan fingerprint density at radius 1 is 1.29 bits per heavy atom. The Labute approximate surface area is 194 Å². The number of carbonyl (C=O) groups is 2. The Bertz CT molecular complexity index is 1070. The molecule has 34 heavy (non-hydrogen) atoms. The average molecular weight is 500 g/mol. The summed E-state index contributed by atoms with van der Waals surface area (Å²) in [4.78, 5) is 42.5. The van der Waals surface area contributed by atoms with Crippen LogP contribution in [0.25, 0.3) is 0 Å². The van der Waals surface area contributed by atoms with Gasteiger partial charge in [0.25, 0.3) is 11.6 Å². The number of nitrogens with one attached hydrogen (secondary N) is 2. The van der Waals surface area contributed by atoms with E-state index in [9.17, 15) is 33.2 Å². The molecule has 7 N–H and O–H groups in total. The molecule has 0 fully saturated rings. The number of aliphatic carboxylic acids is 1. The highest BCUT2D eigenvalue weighted by atomic mass is 32.2. The van der Waals surface area contributed by atoms with Crippen molar-refractivity contribution in [2.24, 2.45) is 21.6 Å². The van der Waals surface area contributed by atoms with Gasteiger partial charge in [-0.05, 0) is 31.4 Å². The normalized spacial score (nSPS) is 16.1. The molecule has 0 aromatic heterocycles. The maximum atomic E-state index is 12.4. The quantitative estimate of drug-likeness (QED) is 0.0730. The first-order chi connectivity index (χ1) is 16.0. The standard InChI is InChI=1S/C18H25N7O8S/c19-18(20)21-8-2-1-3-12-9-14(23-33-12)16(26)22-10-15(17(27)28)24-34(31,32)13-6-4-11(5-7-13)25(29)30/h4-7,12,15,24H,1-3,8-10H2,(H,22,26)(H,27,28)(H4,19,20,21)/t12?,15-/m0/s1. The molecule has 186 valence electrons. The lowest BCUT2D eigenvalue weighted by Gasteiger charge is -2.15. The van der Waals surface area contributed by atoms with Crippen molar-refractivity contribution in [3.63, 3.8) is 0 Å². The number of nitrogens with two attached hydrogens (primary N) is 2. The monoisotopic (exact) mass is 499 g/mol. The number of nitrogens with zero attached hydrogens (tertiary/aromatic N) is 3. The van der Waals surface area contributed by atoms with Crippen molar-refractivity contribution in [3.8, 4) is 0 Å². The van der Waals surface area contributed by atoms with Crippen LogP contribution in [0.2, 0.25) is 0 Å². The molecule has 2 atom stereocenters. The molecule has 0 saturated heterocycles. The first-order valence-electron chi connectivity index (χ1n) is 10.1. The first kappa shape index (κ1) is 26.5. The molecule has 0 radical (unpaired) electrons. The highest BCUT2D eigenvalue weighted by Crippen LogP contribution is 2.17. The summed E-state index contributed by atoms with van der Waals surface area (Å²) >= 11 is 0. The minimum absolute atomic E-state index is 0.00843. The van der Waals surface area contributed by atoms with Crippen molar-refractivity contribution in [1.82, 2.24) is 10.0 Å². The predicted octanol–water partition coefficient (Wildman–Crippen LogP) is -0.969. The average Bonchev–Trinajstić information content (AvgIpc) is 3.25. The fourth-order valence-corrected chi connectivity index (χ4v) is 4.08. The first-order valence-corrected chi connectivity index (χ1v) is 11.5. The molecule has 1 unspecified atom stereocenters. The molecular weight excluding hydrogens is 474 g/mol. The van der Waals surface area contributed by atoms with Crippen molar-refractivity contribution < 1.29 is 32.9 Å². The minimum Gasteiger partial charge on any atom is -0.480 e. The van der Waals surface area contributed by atoms with Crippen LogP contribution in [-0.4, -0.2) is 67.2 Å². The van der Waals surface area contributed by atoms with Crippen LogP contribution in [0.3, 0.4) is 0 Å². The molecule has 0 spiro atoms. The van der Waals surface area contributed by atoms with Crippen LogP contribution in [-0.2, 0) is 24.4 Å². The number of carboxylic acid groups (broad SMARTS) is 1. The van der Waals surface area contributed by atoms with Gasteiger partial charge in [0.05, 0.1) is 9.82 Å². The summed E-state index contributed by atoms with van der Waals surface area (Å²) in [6, 6.07) is 2.20. The lowest BCUT2D eigenvalue weighted by Crippen LogP contribution is -2.49. The Balaban J connectivity index is 1.86. The zero-order valence-electron chi connectivity index (χ0n) is 17.9. The zero-order chi connectivity index (χ0) is 25.3. The molecule has 1 aromatic rings. The Kier molecular flexibility index (Phi) is 9.26. The molecule has 1 aromatic carbocycles. The zero-order valence-corrected chi connectivity index (χ0v) is 18.7. The van der Waals surface area contributed by atoms with Crippen molar-refractivity contribution in [1.29, 1.82) is 0 Å². The van der Waals surface area contributed by atoms with E-state index < -0.39 is 39.4 Å². The van der Waals surface area contributed by atoms with Crippen molar-refractivity contribution in [3.05, 3.63) is 34.4 Å². The van der Waals surface area contributed by atoms with Gasteiger partial charge in [0, 0.05) is 31.6 Å². The van der Waals surface area contributed by atoms with Gasteiger partial charge in [-0.1, -0.05) is 5.16 Å². The summed E-state index contributed by atoms with van der Waals surface area (Å²) in [7, 11) is -4.33. The van der Waals surface area contributed by atoms with Gasteiger partial charge < -0.3 is 26.7 Å². The maximum Gasteiger partial charge on any atom is 0.323 e. The van der Waals surface area contributed by atoms with Gasteiger partial charge in [-0.3, -0.25) is 24.7 Å². The molecule has 0 saturated carbocycles. The number of nitro groups is 1. The second-order valence-electron chi connectivity index (χ2n) is 7.25. The SMILES string of the molecule is NC(N)=NCCCCC1CC(C(=O)NC[C@H](NS(=O)(=O)c2ccc([N+](=O)[O-])cc2)C(=O)O)=NO1. The van der Waals surface area contributed by atoms with Crippen LogP contribution in [0.5, 0.6) is 0 Å². The third-order valence-corrected chi connectivity index (χ3v) is 6.13. The number of benzene rings is 1. The number of unbranched alkanes of at least 4 members (excludes halogenated alkanes) is 1. The largest absolute Gasteiger partial charge is 0.480 e. The van der Waals surface area contributed by atoms with E-state index in [0.29, 0.717) is 19.4 Å². The van der Waals surface area contributed by atoms with Gasteiger partial charge in [0.1, 0.15) is 17.9 Å². The fraction of sp³-hybridized carbons (Fsp3) is 0.444. The Morgan fingerprint density at radius 2 is 1.97 bits per heavy atom. The predicted molar refractivity (Wildman–Crippen MR) is 119 cm³/mol. The number of aliphatic imine (C=N–C) groups is 1. The number of hydrogen-bond donors (Lipinski definition) is 5. The highest BCUT2D eigenvalue weighted by molar-refractivity contribution is 7.89. The summed E-state index contributed by atoms with van der Waals surface area (Å²) in [6.07, 6.45) is 1.94. The lowest BCUT2D eigenvalue weighted by molar-refractivity contribution is -0.384. The number of carboxylic acids is 1. The second-order valence-corrected chi connectivity index (χ2v) is 8.96. The number of nitro benzene ring substituents is 1. The molecule has 1 heterocycles. The van der Waals surface area contributed by atoms with Gasteiger partial charge in [-0.25, -0.2) is 8.42 Å². The molecule has 15 nitrogen and oxygen atoms in total. The van der Waals surface area contributed by atoms with Crippen LogP contribution in [0, 0.1) is 10.1 Å². The molecule has 16 heteroatoms. The van der Waals surface area contributed by atoms with Crippen LogP contribution in [0.1, 0.15) is 25.7 Å². The molecule has 2 rings (SSSR count). The number of rotatable bonds is 13. The van der Waals surface area contributed by atoms with E-state index in [1.54, 1.807) is 0 Å². The molecule has 0 bridgehead atoms. The number of non-ortho nitro benzene ring substituents is 1. The maximum absolute atomic E-state index is 12.4. The summed E-state index contributed by atoms with van der Waals surface area (Å²) in [6.45, 7) is -0.0990.